The number of aromatic nitrogens is 2. The molecule has 3 aromatic heterocycles. The van der Waals surface area contributed by atoms with Gasteiger partial charge in [-0.2, -0.15) is 0 Å². The smallest absolute Gasteiger partial charge is 0.0542 e. The van der Waals surface area contributed by atoms with Gasteiger partial charge in [0.05, 0.1) is 22.1 Å². The van der Waals surface area contributed by atoms with Crippen LogP contribution >= 0.6 is 11.3 Å². The largest absolute Gasteiger partial charge is 0.310 e. The van der Waals surface area contributed by atoms with Gasteiger partial charge in [0.15, 0.2) is 0 Å². The highest BCUT2D eigenvalue weighted by atomic mass is 32.1. The molecule has 0 amide bonds. The standard InChI is InChI=1S/C58H39N3S/c1-4-14-41(15-5-1)57-36-37-58(62-57)42-26-31-47(32-27-42)59(48-33-35-56-52(39-48)50-21-11-13-23-54(50)61(56)45-18-8-3-9-19-45)46-29-24-40(25-30-46)43-28-34-55-51(38-43)49-20-10-12-22-53(49)60(55)44-16-6-2-7-17-44/h1-39H. The van der Waals surface area contributed by atoms with Crippen molar-refractivity contribution in [3.63, 3.8) is 0 Å². The Bertz CT molecular complexity index is 3540. The first kappa shape index (κ1) is 36.0. The number of rotatable bonds is 8. The molecule has 0 atom stereocenters. The molecule has 0 N–H and O–H groups in total. The Hall–Kier alpha value is -7.92. The lowest BCUT2D eigenvalue weighted by Gasteiger charge is -2.26. The van der Waals surface area contributed by atoms with E-state index in [-0.39, 0.29) is 0 Å². The van der Waals surface area contributed by atoms with Gasteiger partial charge in [-0.15, -0.1) is 11.3 Å². The van der Waals surface area contributed by atoms with Crippen LogP contribution in [0.5, 0.6) is 0 Å². The van der Waals surface area contributed by atoms with Crippen molar-refractivity contribution in [1.29, 1.82) is 0 Å². The predicted octanol–water partition coefficient (Wildman–Crippen LogP) is 16.4. The molecule has 0 bridgehead atoms. The summed E-state index contributed by atoms with van der Waals surface area (Å²) in [5.74, 6) is 0. The number of thiophene rings is 1. The molecule has 292 valence electrons. The second kappa shape index (κ2) is 15.0. The second-order valence-corrected chi connectivity index (χ2v) is 16.9. The number of benzene rings is 9. The van der Waals surface area contributed by atoms with Crippen molar-refractivity contribution in [3.8, 4) is 43.4 Å². The quantitative estimate of drug-likeness (QED) is 0.149. The van der Waals surface area contributed by atoms with Crippen LogP contribution in [-0.4, -0.2) is 9.13 Å². The van der Waals surface area contributed by atoms with Crippen molar-refractivity contribution in [2.75, 3.05) is 4.90 Å². The minimum atomic E-state index is 1.09. The van der Waals surface area contributed by atoms with E-state index in [9.17, 15) is 0 Å². The van der Waals surface area contributed by atoms with Gasteiger partial charge in [0.25, 0.3) is 0 Å². The lowest BCUT2D eigenvalue weighted by atomic mass is 10.0. The minimum absolute atomic E-state index is 1.09. The first-order valence-electron chi connectivity index (χ1n) is 21.1. The molecule has 0 saturated carbocycles. The van der Waals surface area contributed by atoms with Gasteiger partial charge < -0.3 is 14.0 Å². The summed E-state index contributed by atoms with van der Waals surface area (Å²) < 4.78 is 4.75. The van der Waals surface area contributed by atoms with Gasteiger partial charge in [-0.25, -0.2) is 0 Å². The Morgan fingerprint density at radius 1 is 0.274 bits per heavy atom. The summed E-state index contributed by atoms with van der Waals surface area (Å²) in [5.41, 5.74) is 15.2. The molecule has 0 unspecified atom stereocenters. The normalized spacial score (nSPS) is 11.5. The minimum Gasteiger partial charge on any atom is -0.310 e. The van der Waals surface area contributed by atoms with Gasteiger partial charge in [0.1, 0.15) is 0 Å². The molecule has 12 rings (SSSR count). The first-order chi connectivity index (χ1) is 30.7. The summed E-state index contributed by atoms with van der Waals surface area (Å²) in [4.78, 5) is 4.92. The molecule has 0 spiro atoms. The third kappa shape index (κ3) is 6.11. The fourth-order valence-corrected chi connectivity index (χ4v) is 10.3. The van der Waals surface area contributed by atoms with E-state index >= 15 is 0 Å². The maximum atomic E-state index is 2.39. The Balaban J connectivity index is 0.966. The van der Waals surface area contributed by atoms with Crippen LogP contribution in [0.15, 0.2) is 237 Å². The number of anilines is 3. The van der Waals surface area contributed by atoms with Crippen LogP contribution in [0.1, 0.15) is 0 Å². The van der Waals surface area contributed by atoms with Gasteiger partial charge in [0, 0.05) is 59.7 Å². The van der Waals surface area contributed by atoms with E-state index in [2.05, 4.69) is 251 Å². The van der Waals surface area contributed by atoms with Crippen molar-refractivity contribution in [2.45, 2.75) is 0 Å². The molecule has 0 saturated heterocycles. The number of hydrogen-bond donors (Lipinski definition) is 0. The SMILES string of the molecule is c1ccc(-c2ccc(-c3ccc(N(c4ccc(-c5ccc6c(c5)c5ccccc5n6-c5ccccc5)cc4)c4ccc5c(c4)c4ccccc4n5-c4ccccc4)cc3)s2)cc1. The summed E-state index contributed by atoms with van der Waals surface area (Å²) in [6.45, 7) is 0. The number of fused-ring (bicyclic) bond motifs is 6. The van der Waals surface area contributed by atoms with E-state index in [4.69, 9.17) is 0 Å². The lowest BCUT2D eigenvalue weighted by Crippen LogP contribution is -2.09. The van der Waals surface area contributed by atoms with Crippen LogP contribution in [0.3, 0.4) is 0 Å². The molecule has 0 aliphatic heterocycles. The summed E-state index contributed by atoms with van der Waals surface area (Å²) in [7, 11) is 0. The Labute approximate surface area is 364 Å². The Kier molecular flexibility index (Phi) is 8.68. The van der Waals surface area contributed by atoms with Gasteiger partial charge >= 0.3 is 0 Å². The van der Waals surface area contributed by atoms with Crippen LogP contribution in [0, 0.1) is 0 Å². The summed E-state index contributed by atoms with van der Waals surface area (Å²) in [6, 6.07) is 85.8. The van der Waals surface area contributed by atoms with E-state index in [1.807, 2.05) is 11.3 Å². The fourth-order valence-electron chi connectivity index (χ4n) is 9.24. The molecule has 62 heavy (non-hydrogen) atoms. The van der Waals surface area contributed by atoms with Crippen LogP contribution in [0.2, 0.25) is 0 Å². The molecular weight excluding hydrogens is 771 g/mol. The number of hydrogen-bond acceptors (Lipinski definition) is 2. The van der Waals surface area contributed by atoms with Gasteiger partial charge in [0.2, 0.25) is 0 Å². The molecule has 3 heterocycles. The van der Waals surface area contributed by atoms with E-state index < -0.39 is 0 Å². The number of para-hydroxylation sites is 4. The van der Waals surface area contributed by atoms with E-state index in [1.165, 1.54) is 81.3 Å². The zero-order chi connectivity index (χ0) is 41.0. The van der Waals surface area contributed by atoms with Crippen LogP contribution in [0.4, 0.5) is 17.1 Å². The first-order valence-corrected chi connectivity index (χ1v) is 21.9. The zero-order valence-electron chi connectivity index (χ0n) is 33.8. The highest BCUT2D eigenvalue weighted by Crippen LogP contribution is 2.42. The summed E-state index contributed by atoms with van der Waals surface area (Å²) >= 11 is 1.83. The van der Waals surface area contributed by atoms with Crippen molar-refractivity contribution in [3.05, 3.63) is 237 Å². The highest BCUT2D eigenvalue weighted by molar-refractivity contribution is 7.18. The average molecular weight is 810 g/mol. The molecule has 0 aliphatic rings. The van der Waals surface area contributed by atoms with Crippen LogP contribution in [0.25, 0.3) is 87.0 Å². The third-order valence-electron chi connectivity index (χ3n) is 12.1. The van der Waals surface area contributed by atoms with E-state index in [0.717, 1.165) is 22.7 Å². The monoisotopic (exact) mass is 809 g/mol. The van der Waals surface area contributed by atoms with Gasteiger partial charge in [-0.05, 0) is 125 Å². The lowest BCUT2D eigenvalue weighted by molar-refractivity contribution is 1.18. The maximum absolute atomic E-state index is 2.39. The molecular formula is C58H39N3S. The fraction of sp³-hybridized carbons (Fsp3) is 0. The van der Waals surface area contributed by atoms with Crippen molar-refractivity contribution < 1.29 is 0 Å². The highest BCUT2D eigenvalue weighted by Gasteiger charge is 2.19. The summed E-state index contributed by atoms with van der Waals surface area (Å²) in [6.07, 6.45) is 0. The van der Waals surface area contributed by atoms with Gasteiger partial charge in [-0.3, -0.25) is 0 Å². The van der Waals surface area contributed by atoms with Crippen molar-refractivity contribution in [1.82, 2.24) is 9.13 Å². The van der Waals surface area contributed by atoms with E-state index in [1.54, 1.807) is 0 Å². The topological polar surface area (TPSA) is 13.1 Å². The summed E-state index contributed by atoms with van der Waals surface area (Å²) in [5, 5.41) is 4.95. The van der Waals surface area contributed by atoms with Crippen molar-refractivity contribution in [2.24, 2.45) is 0 Å². The molecule has 0 fully saturated rings. The zero-order valence-corrected chi connectivity index (χ0v) is 34.6. The van der Waals surface area contributed by atoms with Crippen molar-refractivity contribution >= 4 is 72.0 Å². The molecule has 4 heteroatoms. The van der Waals surface area contributed by atoms with Crippen LogP contribution < -0.4 is 4.90 Å². The molecule has 0 radical (unpaired) electrons. The number of nitrogens with zero attached hydrogens (tertiary/aromatic N) is 3. The molecule has 0 aliphatic carbocycles. The van der Waals surface area contributed by atoms with Gasteiger partial charge in [-0.1, -0.05) is 133 Å². The molecule has 3 nitrogen and oxygen atoms in total. The molecule has 12 aromatic rings. The maximum Gasteiger partial charge on any atom is 0.0542 e. The Morgan fingerprint density at radius 2 is 0.677 bits per heavy atom. The predicted molar refractivity (Wildman–Crippen MR) is 264 cm³/mol. The average Bonchev–Trinajstić information content (AvgIpc) is 4.06. The molecule has 9 aromatic carbocycles. The van der Waals surface area contributed by atoms with Crippen LogP contribution in [-0.2, 0) is 0 Å². The van der Waals surface area contributed by atoms with E-state index in [0.29, 0.717) is 0 Å². The second-order valence-electron chi connectivity index (χ2n) is 15.8. The Morgan fingerprint density at radius 3 is 1.24 bits per heavy atom. The third-order valence-corrected chi connectivity index (χ3v) is 13.3.